The molecule has 12 heteroatoms. The number of nitro groups is 1. The molecule has 0 saturated carbocycles. The first-order chi connectivity index (χ1) is 16.0. The number of non-ortho nitro benzene ring substituents is 1. The molecule has 1 amide bonds. The second-order valence-electron chi connectivity index (χ2n) is 7.28. The van der Waals surface area contributed by atoms with Crippen molar-refractivity contribution in [3.8, 4) is 0 Å². The summed E-state index contributed by atoms with van der Waals surface area (Å²) >= 11 is 17.9. The van der Waals surface area contributed by atoms with E-state index in [0.717, 1.165) is 4.31 Å². The second kappa shape index (κ2) is 10.7. The standard InChI is InChI=1S/C22H18Cl3N3O5S/c1-14-2-6-17(28(30)31)11-21(14)26-22(29)13-27(12-15-3-9-19(24)20(25)10-15)34(32,33)18-7-4-16(23)5-8-18/h2-11H,12-13H2,1H3,(H,26,29). The minimum atomic E-state index is -4.13. The third kappa shape index (κ3) is 6.25. The van der Waals surface area contributed by atoms with Gasteiger partial charge in [-0.05, 0) is 54.4 Å². The van der Waals surface area contributed by atoms with Gasteiger partial charge in [-0.1, -0.05) is 46.9 Å². The van der Waals surface area contributed by atoms with E-state index in [1.54, 1.807) is 13.0 Å². The molecule has 0 bridgehead atoms. The van der Waals surface area contributed by atoms with Gasteiger partial charge in [-0.3, -0.25) is 14.9 Å². The molecule has 178 valence electrons. The molecule has 0 aliphatic rings. The van der Waals surface area contributed by atoms with E-state index in [0.29, 0.717) is 21.2 Å². The van der Waals surface area contributed by atoms with Gasteiger partial charge in [0.15, 0.2) is 0 Å². The lowest BCUT2D eigenvalue weighted by molar-refractivity contribution is -0.384. The number of rotatable bonds is 8. The molecule has 0 aliphatic heterocycles. The Balaban J connectivity index is 1.92. The lowest BCUT2D eigenvalue weighted by Gasteiger charge is -2.22. The predicted octanol–water partition coefficient (Wildman–Crippen LogP) is 5.69. The van der Waals surface area contributed by atoms with Crippen LogP contribution in [0.25, 0.3) is 0 Å². The summed E-state index contributed by atoms with van der Waals surface area (Å²) in [4.78, 5) is 23.3. The summed E-state index contributed by atoms with van der Waals surface area (Å²) in [5.41, 5.74) is 1.08. The van der Waals surface area contributed by atoms with E-state index >= 15 is 0 Å². The first-order valence-electron chi connectivity index (χ1n) is 9.72. The number of nitrogens with one attached hydrogen (secondary N) is 1. The number of anilines is 1. The molecule has 1 N–H and O–H groups in total. The molecule has 3 aromatic rings. The zero-order chi connectivity index (χ0) is 25.0. The Morgan fingerprint density at radius 3 is 2.29 bits per heavy atom. The zero-order valence-electron chi connectivity index (χ0n) is 17.7. The average Bonchev–Trinajstić information content (AvgIpc) is 2.77. The van der Waals surface area contributed by atoms with Crippen LogP contribution in [-0.2, 0) is 21.4 Å². The maximum absolute atomic E-state index is 13.4. The van der Waals surface area contributed by atoms with Gasteiger partial charge in [0, 0.05) is 23.7 Å². The van der Waals surface area contributed by atoms with Crippen molar-refractivity contribution in [1.29, 1.82) is 0 Å². The summed E-state index contributed by atoms with van der Waals surface area (Å²) in [5, 5.41) is 14.5. The van der Waals surface area contributed by atoms with E-state index in [4.69, 9.17) is 34.8 Å². The van der Waals surface area contributed by atoms with Crippen molar-refractivity contribution in [1.82, 2.24) is 4.31 Å². The molecular formula is C22H18Cl3N3O5S. The highest BCUT2D eigenvalue weighted by Gasteiger charge is 2.27. The first-order valence-corrected chi connectivity index (χ1v) is 12.3. The Morgan fingerprint density at radius 2 is 1.68 bits per heavy atom. The molecule has 3 rings (SSSR count). The third-order valence-electron chi connectivity index (χ3n) is 4.82. The molecule has 0 unspecified atom stereocenters. The predicted molar refractivity (Wildman–Crippen MR) is 132 cm³/mol. The van der Waals surface area contributed by atoms with Crippen LogP contribution < -0.4 is 5.32 Å². The number of carbonyl (C=O) groups is 1. The van der Waals surface area contributed by atoms with Crippen molar-refractivity contribution in [2.45, 2.75) is 18.4 Å². The van der Waals surface area contributed by atoms with E-state index in [2.05, 4.69) is 5.32 Å². The molecule has 0 aliphatic carbocycles. The fourth-order valence-corrected chi connectivity index (χ4v) is 4.86. The summed E-state index contributed by atoms with van der Waals surface area (Å²) in [6.45, 7) is 0.924. The number of hydrogen-bond acceptors (Lipinski definition) is 5. The number of benzene rings is 3. The minimum absolute atomic E-state index is 0.0590. The van der Waals surface area contributed by atoms with E-state index < -0.39 is 27.4 Å². The van der Waals surface area contributed by atoms with Gasteiger partial charge in [0.1, 0.15) is 0 Å². The molecule has 0 saturated heterocycles. The largest absolute Gasteiger partial charge is 0.324 e. The molecule has 0 radical (unpaired) electrons. The fourth-order valence-electron chi connectivity index (χ4n) is 3.03. The Hall–Kier alpha value is -2.69. The van der Waals surface area contributed by atoms with Gasteiger partial charge < -0.3 is 5.32 Å². The highest BCUT2D eigenvalue weighted by molar-refractivity contribution is 7.89. The number of hydrogen-bond donors (Lipinski definition) is 1. The van der Waals surface area contributed by atoms with Crippen molar-refractivity contribution in [3.05, 3.63) is 97.0 Å². The molecule has 0 atom stereocenters. The first kappa shape index (κ1) is 25.9. The van der Waals surface area contributed by atoms with Crippen LogP contribution in [0.3, 0.4) is 0 Å². The zero-order valence-corrected chi connectivity index (χ0v) is 20.7. The number of aryl methyl sites for hydroxylation is 1. The SMILES string of the molecule is Cc1ccc([N+](=O)[O-])cc1NC(=O)CN(Cc1ccc(Cl)c(Cl)c1)S(=O)(=O)c1ccc(Cl)cc1. The van der Waals surface area contributed by atoms with Crippen molar-refractivity contribution < 1.29 is 18.1 Å². The molecule has 34 heavy (non-hydrogen) atoms. The van der Waals surface area contributed by atoms with Gasteiger partial charge in [-0.2, -0.15) is 4.31 Å². The molecule has 8 nitrogen and oxygen atoms in total. The van der Waals surface area contributed by atoms with Crippen LogP contribution in [-0.4, -0.2) is 30.1 Å². The highest BCUT2D eigenvalue weighted by atomic mass is 35.5. The van der Waals surface area contributed by atoms with Crippen molar-refractivity contribution in [2.24, 2.45) is 0 Å². The summed E-state index contributed by atoms with van der Waals surface area (Å²) in [7, 11) is -4.13. The number of halogens is 3. The molecule has 0 spiro atoms. The number of sulfonamides is 1. The minimum Gasteiger partial charge on any atom is -0.324 e. The van der Waals surface area contributed by atoms with Gasteiger partial charge in [-0.25, -0.2) is 8.42 Å². The van der Waals surface area contributed by atoms with Gasteiger partial charge in [0.2, 0.25) is 15.9 Å². The Bertz CT molecular complexity index is 1350. The van der Waals surface area contributed by atoms with Gasteiger partial charge in [0.25, 0.3) is 5.69 Å². The monoisotopic (exact) mass is 541 g/mol. The Labute approximate surface area is 211 Å². The van der Waals surface area contributed by atoms with Gasteiger partial charge >= 0.3 is 0 Å². The molecule has 0 fully saturated rings. The van der Waals surface area contributed by atoms with E-state index in [1.807, 2.05) is 0 Å². The van der Waals surface area contributed by atoms with Crippen molar-refractivity contribution in [2.75, 3.05) is 11.9 Å². The summed E-state index contributed by atoms with van der Waals surface area (Å²) < 4.78 is 27.7. The maximum Gasteiger partial charge on any atom is 0.271 e. The summed E-state index contributed by atoms with van der Waals surface area (Å²) in [6.07, 6.45) is 0. The highest BCUT2D eigenvalue weighted by Crippen LogP contribution is 2.26. The van der Waals surface area contributed by atoms with E-state index in [9.17, 15) is 23.3 Å². The van der Waals surface area contributed by atoms with Gasteiger partial charge in [0.05, 0.1) is 32.1 Å². The molecule has 0 aromatic heterocycles. The normalized spacial score (nSPS) is 11.4. The number of carbonyl (C=O) groups excluding carboxylic acids is 1. The number of amides is 1. The summed E-state index contributed by atoms with van der Waals surface area (Å²) in [5.74, 6) is -0.679. The summed E-state index contributed by atoms with van der Waals surface area (Å²) in [6, 6.07) is 14.2. The average molecular weight is 543 g/mol. The quantitative estimate of drug-likeness (QED) is 0.290. The lowest BCUT2D eigenvalue weighted by atomic mass is 10.2. The Morgan fingerprint density at radius 1 is 1.00 bits per heavy atom. The van der Waals surface area contributed by atoms with Crippen LogP contribution in [0.1, 0.15) is 11.1 Å². The van der Waals surface area contributed by atoms with Crippen molar-refractivity contribution in [3.63, 3.8) is 0 Å². The molecule has 0 heterocycles. The second-order valence-corrected chi connectivity index (χ2v) is 10.5. The lowest BCUT2D eigenvalue weighted by Crippen LogP contribution is -2.37. The smallest absolute Gasteiger partial charge is 0.271 e. The van der Waals surface area contributed by atoms with E-state index in [-0.39, 0.29) is 27.8 Å². The number of nitrogens with zero attached hydrogens (tertiary/aromatic N) is 2. The molecule has 3 aromatic carbocycles. The van der Waals surface area contributed by atoms with Crippen LogP contribution in [0.4, 0.5) is 11.4 Å². The van der Waals surface area contributed by atoms with Crippen LogP contribution >= 0.6 is 34.8 Å². The van der Waals surface area contributed by atoms with Crippen LogP contribution in [0.5, 0.6) is 0 Å². The Kier molecular flexibility index (Phi) is 8.17. The van der Waals surface area contributed by atoms with Crippen LogP contribution in [0.15, 0.2) is 65.6 Å². The molecular weight excluding hydrogens is 525 g/mol. The van der Waals surface area contributed by atoms with Crippen LogP contribution in [0, 0.1) is 17.0 Å². The third-order valence-corrected chi connectivity index (χ3v) is 7.62. The topological polar surface area (TPSA) is 110 Å². The van der Waals surface area contributed by atoms with Gasteiger partial charge in [-0.15, -0.1) is 0 Å². The fraction of sp³-hybridized carbons (Fsp3) is 0.136. The maximum atomic E-state index is 13.4. The van der Waals surface area contributed by atoms with Crippen LogP contribution in [0.2, 0.25) is 15.1 Å². The number of nitro benzene ring substituents is 1. The van der Waals surface area contributed by atoms with E-state index in [1.165, 1.54) is 54.6 Å². The van der Waals surface area contributed by atoms with Crippen molar-refractivity contribution >= 4 is 62.1 Å².